The van der Waals surface area contributed by atoms with Crippen LogP contribution in [-0.2, 0) is 11.3 Å². The number of aromatic nitrogens is 2. The van der Waals surface area contributed by atoms with Crippen molar-refractivity contribution in [3.63, 3.8) is 0 Å². The Morgan fingerprint density at radius 1 is 1.21 bits per heavy atom. The largest absolute Gasteiger partial charge is 0.444 e. The molecule has 1 fully saturated rings. The van der Waals surface area contributed by atoms with Gasteiger partial charge in [0, 0.05) is 26.7 Å². The molecule has 1 aromatic carbocycles. The molecule has 2 amide bonds. The third kappa shape index (κ3) is 6.47. The van der Waals surface area contributed by atoms with Gasteiger partial charge in [-0.1, -0.05) is 23.7 Å². The van der Waals surface area contributed by atoms with Gasteiger partial charge in [-0.3, -0.25) is 4.79 Å². The molecule has 0 unspecified atom stereocenters. The molecule has 0 atom stereocenters. The van der Waals surface area contributed by atoms with E-state index in [-0.39, 0.29) is 23.0 Å². The van der Waals surface area contributed by atoms with E-state index in [0.29, 0.717) is 43.4 Å². The lowest BCUT2D eigenvalue weighted by atomic mass is 9.96. The lowest BCUT2D eigenvalue weighted by Crippen LogP contribution is -2.43. The molecule has 2 aromatic rings. The maximum absolute atomic E-state index is 13.2. The van der Waals surface area contributed by atoms with Gasteiger partial charge in [0.1, 0.15) is 16.6 Å². The van der Waals surface area contributed by atoms with E-state index >= 15 is 0 Å². The predicted octanol–water partition coefficient (Wildman–Crippen LogP) is 4.75. The van der Waals surface area contributed by atoms with Crippen LogP contribution in [0.25, 0.3) is 0 Å². The van der Waals surface area contributed by atoms with Crippen LogP contribution in [0, 0.1) is 18.7 Å². The summed E-state index contributed by atoms with van der Waals surface area (Å²) in [5, 5.41) is 4.72. The lowest BCUT2D eigenvalue weighted by molar-refractivity contribution is 0.0246. The number of hydrogen-bond donors (Lipinski definition) is 0. The van der Waals surface area contributed by atoms with Gasteiger partial charge in [0.2, 0.25) is 0 Å². The van der Waals surface area contributed by atoms with Gasteiger partial charge in [-0.25, -0.2) is 13.9 Å². The number of amides is 2. The summed E-state index contributed by atoms with van der Waals surface area (Å²) in [5.41, 5.74) is 1.29. The third-order valence-corrected chi connectivity index (χ3v) is 6.05. The number of nitrogens with zero attached hydrogens (tertiary/aromatic N) is 4. The van der Waals surface area contributed by atoms with Gasteiger partial charge in [0.25, 0.3) is 5.91 Å². The molecule has 9 heteroatoms. The van der Waals surface area contributed by atoms with Crippen LogP contribution in [-0.4, -0.2) is 63.9 Å². The first kappa shape index (κ1) is 25.0. The first-order chi connectivity index (χ1) is 15.4. The Balaban J connectivity index is 1.59. The van der Waals surface area contributed by atoms with Crippen LogP contribution in [0.1, 0.15) is 55.2 Å². The number of benzene rings is 1. The molecule has 2 heterocycles. The molecule has 1 saturated heterocycles. The Kier molecular flexibility index (Phi) is 7.67. The minimum atomic E-state index is -0.528. The van der Waals surface area contributed by atoms with Crippen molar-refractivity contribution in [2.24, 2.45) is 5.92 Å². The van der Waals surface area contributed by atoms with Gasteiger partial charge in [-0.05, 0) is 64.2 Å². The van der Waals surface area contributed by atoms with E-state index in [1.54, 1.807) is 40.6 Å². The molecule has 1 aliphatic heterocycles. The van der Waals surface area contributed by atoms with Gasteiger partial charge in [0.15, 0.2) is 0 Å². The highest BCUT2D eigenvalue weighted by Crippen LogP contribution is 2.26. The SMILES string of the molecule is Cc1nn(Cc2ccc(F)cc2)c(Cl)c1C(=O)N1CCC(CN(C)C(=O)OC(C)(C)C)CC1. The highest BCUT2D eigenvalue weighted by atomic mass is 35.5. The summed E-state index contributed by atoms with van der Waals surface area (Å²) < 4.78 is 20.1. The van der Waals surface area contributed by atoms with Gasteiger partial charge in [-0.2, -0.15) is 5.10 Å². The number of carbonyl (C=O) groups excluding carboxylic acids is 2. The second-order valence-corrected chi connectivity index (χ2v) is 9.99. The zero-order valence-electron chi connectivity index (χ0n) is 19.9. The van der Waals surface area contributed by atoms with Crippen LogP contribution in [0.4, 0.5) is 9.18 Å². The van der Waals surface area contributed by atoms with Crippen LogP contribution in [0.2, 0.25) is 5.15 Å². The zero-order valence-corrected chi connectivity index (χ0v) is 20.7. The minimum Gasteiger partial charge on any atom is -0.444 e. The molecule has 180 valence electrons. The number of piperidine rings is 1. The quantitative estimate of drug-likeness (QED) is 0.621. The van der Waals surface area contributed by atoms with Crippen molar-refractivity contribution in [3.8, 4) is 0 Å². The number of rotatable bonds is 5. The van der Waals surface area contributed by atoms with Gasteiger partial charge >= 0.3 is 6.09 Å². The molecule has 7 nitrogen and oxygen atoms in total. The maximum atomic E-state index is 13.2. The standard InChI is InChI=1S/C24H32ClFN4O3/c1-16-20(21(25)30(27-16)15-17-6-8-19(26)9-7-17)22(31)29-12-10-18(11-13-29)14-28(5)23(32)33-24(2,3)4/h6-9,18H,10-15H2,1-5H3. The Hall–Kier alpha value is -2.61. The Bertz CT molecular complexity index is 992. The summed E-state index contributed by atoms with van der Waals surface area (Å²) in [6.07, 6.45) is 1.25. The summed E-state index contributed by atoms with van der Waals surface area (Å²) >= 11 is 6.53. The fourth-order valence-electron chi connectivity index (χ4n) is 3.94. The van der Waals surface area contributed by atoms with E-state index in [1.165, 1.54) is 12.1 Å². The van der Waals surface area contributed by atoms with Crippen molar-refractivity contribution in [2.75, 3.05) is 26.7 Å². The molecular formula is C24H32ClFN4O3. The molecule has 3 rings (SSSR count). The topological polar surface area (TPSA) is 67.7 Å². The molecule has 0 saturated carbocycles. The summed E-state index contributed by atoms with van der Waals surface area (Å²) in [6.45, 7) is 9.42. The average Bonchev–Trinajstić information content (AvgIpc) is 3.01. The van der Waals surface area contributed by atoms with E-state index in [9.17, 15) is 14.0 Å². The Morgan fingerprint density at radius 2 is 1.82 bits per heavy atom. The molecule has 0 bridgehead atoms. The maximum Gasteiger partial charge on any atom is 0.410 e. The molecular weight excluding hydrogens is 447 g/mol. The minimum absolute atomic E-state index is 0.137. The average molecular weight is 479 g/mol. The number of likely N-dealkylation sites (tertiary alicyclic amines) is 1. The zero-order chi connectivity index (χ0) is 24.3. The normalized spacial score (nSPS) is 14.9. The van der Waals surface area contributed by atoms with Gasteiger partial charge in [0.05, 0.1) is 17.8 Å². The van der Waals surface area contributed by atoms with Crippen LogP contribution in [0.5, 0.6) is 0 Å². The van der Waals surface area contributed by atoms with Crippen LogP contribution in [0.3, 0.4) is 0 Å². The monoisotopic (exact) mass is 478 g/mol. The van der Waals surface area contributed by atoms with Crippen LogP contribution >= 0.6 is 11.6 Å². The second-order valence-electron chi connectivity index (χ2n) is 9.63. The van der Waals surface area contributed by atoms with E-state index < -0.39 is 5.60 Å². The molecule has 1 aliphatic rings. The highest BCUT2D eigenvalue weighted by Gasteiger charge is 2.30. The van der Waals surface area contributed by atoms with Gasteiger partial charge in [-0.15, -0.1) is 0 Å². The second kappa shape index (κ2) is 10.1. The smallest absolute Gasteiger partial charge is 0.410 e. The molecule has 0 N–H and O–H groups in total. The van der Waals surface area contributed by atoms with Crippen molar-refractivity contribution >= 4 is 23.6 Å². The number of carbonyl (C=O) groups is 2. The molecule has 0 aliphatic carbocycles. The Morgan fingerprint density at radius 3 is 2.39 bits per heavy atom. The summed E-state index contributed by atoms with van der Waals surface area (Å²) in [7, 11) is 1.74. The van der Waals surface area contributed by atoms with Gasteiger partial charge < -0.3 is 14.5 Å². The first-order valence-electron chi connectivity index (χ1n) is 11.2. The molecule has 0 radical (unpaired) electrons. The third-order valence-electron chi connectivity index (χ3n) is 5.66. The molecule has 0 spiro atoms. The van der Waals surface area contributed by atoms with Crippen molar-refractivity contribution < 1.29 is 18.7 Å². The van der Waals surface area contributed by atoms with E-state index in [0.717, 1.165) is 18.4 Å². The number of hydrogen-bond acceptors (Lipinski definition) is 4. The van der Waals surface area contributed by atoms with Crippen molar-refractivity contribution in [1.29, 1.82) is 0 Å². The first-order valence-corrected chi connectivity index (χ1v) is 11.5. The summed E-state index contributed by atoms with van der Waals surface area (Å²) in [4.78, 5) is 28.8. The number of halogens is 2. The van der Waals surface area contributed by atoms with E-state index in [1.807, 2.05) is 20.8 Å². The Labute approximate surface area is 199 Å². The fourth-order valence-corrected chi connectivity index (χ4v) is 4.26. The number of aryl methyl sites for hydroxylation is 1. The van der Waals surface area contributed by atoms with Crippen LogP contribution in [0.15, 0.2) is 24.3 Å². The lowest BCUT2D eigenvalue weighted by Gasteiger charge is -2.34. The summed E-state index contributed by atoms with van der Waals surface area (Å²) in [6, 6.07) is 6.11. The predicted molar refractivity (Wildman–Crippen MR) is 125 cm³/mol. The summed E-state index contributed by atoms with van der Waals surface area (Å²) in [5.74, 6) is -0.149. The molecule has 1 aromatic heterocycles. The fraction of sp³-hybridized carbons (Fsp3) is 0.542. The van der Waals surface area contributed by atoms with Crippen molar-refractivity contribution in [3.05, 3.63) is 52.1 Å². The van der Waals surface area contributed by atoms with E-state index in [4.69, 9.17) is 16.3 Å². The van der Waals surface area contributed by atoms with Crippen molar-refractivity contribution in [1.82, 2.24) is 19.6 Å². The van der Waals surface area contributed by atoms with E-state index in [2.05, 4.69) is 5.10 Å². The highest BCUT2D eigenvalue weighted by molar-refractivity contribution is 6.33. The molecule has 33 heavy (non-hydrogen) atoms. The number of ether oxygens (including phenoxy) is 1. The van der Waals surface area contributed by atoms with Crippen molar-refractivity contribution in [2.45, 2.75) is 52.7 Å². The van der Waals surface area contributed by atoms with Crippen LogP contribution < -0.4 is 0 Å².